The highest BCUT2D eigenvalue weighted by Gasteiger charge is 2.10. The highest BCUT2D eigenvalue weighted by molar-refractivity contribution is 7.80. The van der Waals surface area contributed by atoms with Gasteiger partial charge in [-0.15, -0.1) is 0 Å². The van der Waals surface area contributed by atoms with E-state index in [1.165, 1.54) is 0 Å². The monoisotopic (exact) mass is 221 g/mol. The van der Waals surface area contributed by atoms with Gasteiger partial charge < -0.3 is 10.7 Å². The van der Waals surface area contributed by atoms with Gasteiger partial charge in [0.2, 0.25) is 0 Å². The second kappa shape index (κ2) is 4.25. The molecular weight excluding hydrogens is 215 g/mol. The zero-order valence-electron chi connectivity index (χ0n) is 6.77. The van der Waals surface area contributed by atoms with Crippen LogP contribution < -0.4 is 16.6 Å². The zero-order chi connectivity index (χ0) is 10.7. The first-order valence-corrected chi connectivity index (χ1v) is 3.87. The lowest BCUT2D eigenvalue weighted by Crippen LogP contribution is -2.34. The van der Waals surface area contributed by atoms with E-state index >= 15 is 0 Å². The third-order valence-electron chi connectivity index (χ3n) is 1.37. The highest BCUT2D eigenvalue weighted by atomic mass is 32.1. The number of nitrogens with two attached hydrogens (primary N) is 1. The van der Waals surface area contributed by atoms with E-state index in [0.717, 1.165) is 12.1 Å². The van der Waals surface area contributed by atoms with E-state index in [2.05, 4.69) is 17.5 Å². The van der Waals surface area contributed by atoms with Crippen molar-refractivity contribution in [3.63, 3.8) is 0 Å². The SMILES string of the molecule is NNC(=S)Nc1cc(F)c(F)c(F)c1. The van der Waals surface area contributed by atoms with Crippen LogP contribution in [0.15, 0.2) is 12.1 Å². The number of thiocarbonyl (C=S) groups is 1. The highest BCUT2D eigenvalue weighted by Crippen LogP contribution is 2.16. The molecule has 3 nitrogen and oxygen atoms in total. The van der Waals surface area contributed by atoms with E-state index in [4.69, 9.17) is 5.84 Å². The van der Waals surface area contributed by atoms with Crippen LogP contribution in [-0.2, 0) is 0 Å². The lowest BCUT2D eigenvalue weighted by atomic mass is 10.3. The summed E-state index contributed by atoms with van der Waals surface area (Å²) in [6.45, 7) is 0. The Balaban J connectivity index is 2.95. The van der Waals surface area contributed by atoms with Crippen molar-refractivity contribution in [2.24, 2.45) is 5.84 Å². The first-order valence-electron chi connectivity index (χ1n) is 3.46. The van der Waals surface area contributed by atoms with Gasteiger partial charge in [-0.2, -0.15) is 0 Å². The fraction of sp³-hybridized carbons (Fsp3) is 0. The van der Waals surface area contributed by atoms with Crippen LogP contribution in [0.4, 0.5) is 18.9 Å². The molecule has 1 aromatic rings. The number of hydrogen-bond acceptors (Lipinski definition) is 2. The Kier molecular flexibility index (Phi) is 3.26. The van der Waals surface area contributed by atoms with Gasteiger partial charge >= 0.3 is 0 Å². The molecule has 0 heterocycles. The number of halogens is 3. The Morgan fingerprint density at radius 2 is 1.71 bits per heavy atom. The van der Waals surface area contributed by atoms with Crippen LogP contribution in [0.25, 0.3) is 0 Å². The fourth-order valence-electron chi connectivity index (χ4n) is 0.795. The topological polar surface area (TPSA) is 50.1 Å². The molecule has 0 saturated carbocycles. The number of anilines is 1. The predicted molar refractivity (Wildman–Crippen MR) is 49.9 cm³/mol. The van der Waals surface area contributed by atoms with Gasteiger partial charge in [0, 0.05) is 17.8 Å². The number of hydrogen-bond donors (Lipinski definition) is 3. The lowest BCUT2D eigenvalue weighted by Gasteiger charge is -2.07. The molecule has 0 atom stereocenters. The van der Waals surface area contributed by atoms with Gasteiger partial charge in [-0.1, -0.05) is 0 Å². The van der Waals surface area contributed by atoms with Crippen molar-refractivity contribution in [1.29, 1.82) is 0 Å². The standard InChI is InChI=1S/C7H6F3N3S/c8-4-1-3(12-7(14)13-11)2-5(9)6(4)10/h1-2H,11H2,(H2,12,13,14). The molecule has 1 aromatic carbocycles. The molecule has 76 valence electrons. The molecule has 0 saturated heterocycles. The molecule has 0 aliphatic rings. The van der Waals surface area contributed by atoms with Gasteiger partial charge in [-0.05, 0) is 12.2 Å². The fourth-order valence-corrected chi connectivity index (χ4v) is 0.913. The molecule has 0 aromatic heterocycles. The molecule has 0 spiro atoms. The summed E-state index contributed by atoms with van der Waals surface area (Å²) in [5.74, 6) is 0.787. The van der Waals surface area contributed by atoms with Crippen molar-refractivity contribution in [3.05, 3.63) is 29.6 Å². The van der Waals surface area contributed by atoms with Crippen molar-refractivity contribution in [1.82, 2.24) is 5.43 Å². The zero-order valence-corrected chi connectivity index (χ0v) is 7.59. The van der Waals surface area contributed by atoms with Gasteiger partial charge in [-0.25, -0.2) is 19.0 Å². The van der Waals surface area contributed by atoms with Gasteiger partial charge in [0.05, 0.1) is 0 Å². The largest absolute Gasteiger partial charge is 0.332 e. The van der Waals surface area contributed by atoms with Crippen LogP contribution in [0.2, 0.25) is 0 Å². The van der Waals surface area contributed by atoms with Crippen LogP contribution in [0.3, 0.4) is 0 Å². The Hall–Kier alpha value is -1.34. The molecule has 7 heteroatoms. The van der Waals surface area contributed by atoms with Crippen LogP contribution in [0.5, 0.6) is 0 Å². The number of hydrazine groups is 1. The number of nitrogens with one attached hydrogen (secondary N) is 2. The maximum atomic E-state index is 12.6. The summed E-state index contributed by atoms with van der Waals surface area (Å²) >= 11 is 4.57. The van der Waals surface area contributed by atoms with E-state index < -0.39 is 17.5 Å². The van der Waals surface area contributed by atoms with E-state index in [1.54, 1.807) is 0 Å². The van der Waals surface area contributed by atoms with Gasteiger partial charge in [0.25, 0.3) is 0 Å². The quantitative estimate of drug-likeness (QED) is 0.289. The van der Waals surface area contributed by atoms with E-state index in [0.29, 0.717) is 0 Å². The maximum absolute atomic E-state index is 12.6. The molecular formula is C7H6F3N3S. The molecule has 1 rings (SSSR count). The molecule has 0 radical (unpaired) electrons. The van der Waals surface area contributed by atoms with Crippen molar-refractivity contribution < 1.29 is 13.2 Å². The minimum absolute atomic E-state index is 0.0237. The number of benzene rings is 1. The third-order valence-corrected chi connectivity index (χ3v) is 1.59. The minimum atomic E-state index is -1.53. The molecule has 0 aliphatic heterocycles. The molecule has 0 amide bonds. The maximum Gasteiger partial charge on any atom is 0.194 e. The molecule has 4 N–H and O–H groups in total. The van der Waals surface area contributed by atoms with E-state index in [9.17, 15) is 13.2 Å². The van der Waals surface area contributed by atoms with Crippen LogP contribution in [-0.4, -0.2) is 5.11 Å². The predicted octanol–water partition coefficient (Wildman–Crippen LogP) is 1.26. The third kappa shape index (κ3) is 2.33. The number of rotatable bonds is 1. The summed E-state index contributed by atoms with van der Waals surface area (Å²) in [6.07, 6.45) is 0. The summed E-state index contributed by atoms with van der Waals surface area (Å²) in [5, 5.41) is 2.32. The summed E-state index contributed by atoms with van der Waals surface area (Å²) in [5.41, 5.74) is 2.02. The van der Waals surface area contributed by atoms with Crippen molar-refractivity contribution in [2.75, 3.05) is 5.32 Å². The Bertz CT molecular complexity index is 346. The average molecular weight is 221 g/mol. The molecule has 14 heavy (non-hydrogen) atoms. The smallest absolute Gasteiger partial charge is 0.194 e. The lowest BCUT2D eigenvalue weighted by molar-refractivity contribution is 0.448. The minimum Gasteiger partial charge on any atom is -0.332 e. The first kappa shape index (κ1) is 10.7. The molecule has 0 aliphatic carbocycles. The summed E-state index contributed by atoms with van der Waals surface area (Å²) < 4.78 is 37.8. The summed E-state index contributed by atoms with van der Waals surface area (Å²) in [6, 6.07) is 1.53. The second-order valence-corrected chi connectivity index (χ2v) is 2.76. The summed E-state index contributed by atoms with van der Waals surface area (Å²) in [7, 11) is 0. The van der Waals surface area contributed by atoms with Gasteiger partial charge in [0.15, 0.2) is 22.6 Å². The van der Waals surface area contributed by atoms with Crippen molar-refractivity contribution >= 4 is 23.0 Å². The van der Waals surface area contributed by atoms with E-state index in [1.807, 2.05) is 5.43 Å². The molecule has 0 fully saturated rings. The van der Waals surface area contributed by atoms with Crippen molar-refractivity contribution in [2.45, 2.75) is 0 Å². The Morgan fingerprint density at radius 3 is 2.14 bits per heavy atom. The summed E-state index contributed by atoms with van der Waals surface area (Å²) in [4.78, 5) is 0. The van der Waals surface area contributed by atoms with Gasteiger partial charge in [0.1, 0.15) is 0 Å². The molecule has 0 bridgehead atoms. The van der Waals surface area contributed by atoms with E-state index in [-0.39, 0.29) is 10.8 Å². The van der Waals surface area contributed by atoms with Crippen LogP contribution >= 0.6 is 12.2 Å². The normalized spacial score (nSPS) is 9.71. The van der Waals surface area contributed by atoms with Crippen LogP contribution in [0, 0.1) is 17.5 Å². The molecule has 0 unspecified atom stereocenters. The first-order chi connectivity index (χ1) is 6.54. The Labute approximate surface area is 83.1 Å². The average Bonchev–Trinajstić information content (AvgIpc) is 2.14. The van der Waals surface area contributed by atoms with Crippen molar-refractivity contribution in [3.8, 4) is 0 Å². The van der Waals surface area contributed by atoms with Gasteiger partial charge in [-0.3, -0.25) is 0 Å². The van der Waals surface area contributed by atoms with Crippen LogP contribution in [0.1, 0.15) is 0 Å². The second-order valence-electron chi connectivity index (χ2n) is 2.35. The Morgan fingerprint density at radius 1 is 1.21 bits per heavy atom.